The molecule has 0 fully saturated rings. The minimum absolute atomic E-state index is 0.429. The highest BCUT2D eigenvalue weighted by molar-refractivity contribution is 5.37. The van der Waals surface area contributed by atoms with Crippen LogP contribution in [-0.4, -0.2) is 0 Å². The molecule has 0 aliphatic rings. The molecule has 0 radical (unpaired) electrons. The molecule has 0 spiro atoms. The third-order valence-electron chi connectivity index (χ3n) is 1.71. The maximum atomic E-state index is 8.61. The van der Waals surface area contributed by atoms with Crippen LogP contribution < -0.4 is 0 Å². The van der Waals surface area contributed by atoms with E-state index < -0.39 is 0 Å². The molecule has 0 atom stereocenters. The third kappa shape index (κ3) is 4.12. The van der Waals surface area contributed by atoms with Crippen LogP contribution in [0.1, 0.15) is 13.8 Å². The van der Waals surface area contributed by atoms with Gasteiger partial charge in [-0.2, -0.15) is 5.26 Å². The first-order valence-corrected chi connectivity index (χ1v) is 4.22. The summed E-state index contributed by atoms with van der Waals surface area (Å²) >= 11 is 0. The number of hydrogen-bond acceptors (Lipinski definition) is 1. The second kappa shape index (κ2) is 6.02. The Bertz CT molecular complexity index is 285. The molecule has 0 amide bonds. The Morgan fingerprint density at radius 3 is 2.15 bits per heavy atom. The molecule has 1 heteroatoms. The van der Waals surface area contributed by atoms with Gasteiger partial charge in [0, 0.05) is 0 Å². The van der Waals surface area contributed by atoms with Gasteiger partial charge in [-0.15, -0.1) is 0 Å². The summed E-state index contributed by atoms with van der Waals surface area (Å²) in [5.74, 6) is 0.429. The van der Waals surface area contributed by atoms with E-state index in [-0.39, 0.29) is 0 Å². The number of hydrogen-bond donors (Lipinski definition) is 0. The summed E-state index contributed by atoms with van der Waals surface area (Å²) in [5.41, 5.74) is 1.69. The van der Waals surface area contributed by atoms with Crippen LogP contribution in [0.3, 0.4) is 0 Å². The van der Waals surface area contributed by atoms with Gasteiger partial charge in [0.2, 0.25) is 0 Å². The van der Waals surface area contributed by atoms with Crippen molar-refractivity contribution in [2.75, 3.05) is 0 Å². The molecule has 0 unspecified atom stereocenters. The molecular formula is C12H15N. The maximum Gasteiger partial charge on any atom is 0.0991 e. The van der Waals surface area contributed by atoms with Crippen LogP contribution in [0.15, 0.2) is 48.6 Å². The minimum Gasteiger partial charge on any atom is -0.192 e. The quantitative estimate of drug-likeness (QED) is 0.472. The number of nitrogens with zero attached hydrogens (tertiary/aromatic N) is 1. The fourth-order valence-corrected chi connectivity index (χ4v) is 0.833. The molecule has 0 rings (SSSR count). The second-order valence-electron chi connectivity index (χ2n) is 2.96. The molecule has 1 nitrogen and oxygen atoms in total. The standard InChI is InChI=1S/C12H15N/c1-5-11(9-13)7-8-12(6-2)10(3)4/h5-8,10H,1-2H2,3-4H3/b11-7+,12-8+. The molecule has 0 saturated heterocycles. The summed E-state index contributed by atoms with van der Waals surface area (Å²) in [6.07, 6.45) is 7.00. The van der Waals surface area contributed by atoms with Crippen LogP contribution in [0.4, 0.5) is 0 Å². The molecule has 0 saturated carbocycles. The van der Waals surface area contributed by atoms with E-state index >= 15 is 0 Å². The predicted molar refractivity (Wildman–Crippen MR) is 57.0 cm³/mol. The second-order valence-corrected chi connectivity index (χ2v) is 2.96. The van der Waals surface area contributed by atoms with Crippen molar-refractivity contribution < 1.29 is 0 Å². The zero-order chi connectivity index (χ0) is 10.3. The highest BCUT2D eigenvalue weighted by Gasteiger charge is 1.95. The lowest BCUT2D eigenvalue weighted by Gasteiger charge is -2.03. The lowest BCUT2D eigenvalue weighted by molar-refractivity contribution is 0.792. The van der Waals surface area contributed by atoms with Crippen LogP contribution in [0.2, 0.25) is 0 Å². The Kier molecular flexibility index (Phi) is 5.30. The van der Waals surface area contributed by atoms with Gasteiger partial charge in [-0.25, -0.2) is 0 Å². The molecule has 0 bridgehead atoms. The third-order valence-corrected chi connectivity index (χ3v) is 1.71. The zero-order valence-corrected chi connectivity index (χ0v) is 8.25. The van der Waals surface area contributed by atoms with E-state index in [1.807, 2.05) is 12.1 Å². The first kappa shape index (κ1) is 11.4. The van der Waals surface area contributed by atoms with Gasteiger partial charge in [0.15, 0.2) is 0 Å². The normalized spacial score (nSPS) is 12.5. The van der Waals surface area contributed by atoms with Crippen molar-refractivity contribution in [2.45, 2.75) is 13.8 Å². The Hall–Kier alpha value is -1.55. The van der Waals surface area contributed by atoms with E-state index in [2.05, 4.69) is 27.0 Å². The van der Waals surface area contributed by atoms with Crippen molar-refractivity contribution in [3.8, 4) is 6.07 Å². The van der Waals surface area contributed by atoms with Gasteiger partial charge in [-0.05, 0) is 17.6 Å². The summed E-state index contributed by atoms with van der Waals surface area (Å²) in [6, 6.07) is 2.03. The average Bonchev–Trinajstić information content (AvgIpc) is 2.12. The SMILES string of the molecule is C=C/C(=C\C=C(\C#N)C=C)C(C)C. The summed E-state index contributed by atoms with van der Waals surface area (Å²) in [7, 11) is 0. The molecule has 0 heterocycles. The topological polar surface area (TPSA) is 23.8 Å². The molecule has 13 heavy (non-hydrogen) atoms. The molecular weight excluding hydrogens is 158 g/mol. The molecule has 0 aliphatic heterocycles. The van der Waals surface area contributed by atoms with Crippen LogP contribution in [0.5, 0.6) is 0 Å². The van der Waals surface area contributed by atoms with Gasteiger partial charge in [0.05, 0.1) is 11.6 Å². The molecule has 68 valence electrons. The van der Waals surface area contributed by atoms with Crippen molar-refractivity contribution in [1.82, 2.24) is 0 Å². The number of allylic oxidation sites excluding steroid dienone is 6. The van der Waals surface area contributed by atoms with Gasteiger partial charge >= 0.3 is 0 Å². The van der Waals surface area contributed by atoms with E-state index in [9.17, 15) is 0 Å². The van der Waals surface area contributed by atoms with Crippen LogP contribution in [0, 0.1) is 17.2 Å². The van der Waals surface area contributed by atoms with Crippen molar-refractivity contribution in [3.63, 3.8) is 0 Å². The first-order valence-electron chi connectivity index (χ1n) is 4.22. The van der Waals surface area contributed by atoms with E-state index in [1.165, 1.54) is 6.08 Å². The van der Waals surface area contributed by atoms with Crippen LogP contribution in [-0.2, 0) is 0 Å². The smallest absolute Gasteiger partial charge is 0.0991 e. The van der Waals surface area contributed by atoms with Crippen molar-refractivity contribution >= 4 is 0 Å². The summed E-state index contributed by atoms with van der Waals surface area (Å²) in [4.78, 5) is 0. The van der Waals surface area contributed by atoms with Gasteiger partial charge < -0.3 is 0 Å². The average molecular weight is 173 g/mol. The van der Waals surface area contributed by atoms with Crippen LogP contribution in [0.25, 0.3) is 0 Å². The van der Waals surface area contributed by atoms with Crippen molar-refractivity contribution in [2.24, 2.45) is 5.92 Å². The molecule has 0 aromatic rings. The highest BCUT2D eigenvalue weighted by atomic mass is 14.2. The fraction of sp³-hybridized carbons (Fsp3) is 0.250. The Labute approximate surface area is 80.4 Å². The fourth-order valence-electron chi connectivity index (χ4n) is 0.833. The highest BCUT2D eigenvalue weighted by Crippen LogP contribution is 2.10. The van der Waals surface area contributed by atoms with Gasteiger partial charge in [-0.1, -0.05) is 45.2 Å². The van der Waals surface area contributed by atoms with Gasteiger partial charge in [0.1, 0.15) is 0 Å². The summed E-state index contributed by atoms with van der Waals surface area (Å²) in [6.45, 7) is 11.4. The minimum atomic E-state index is 0.429. The van der Waals surface area contributed by atoms with E-state index in [0.717, 1.165) is 5.57 Å². The number of nitriles is 1. The Morgan fingerprint density at radius 1 is 1.23 bits per heavy atom. The Morgan fingerprint density at radius 2 is 1.85 bits per heavy atom. The lowest BCUT2D eigenvalue weighted by Crippen LogP contribution is -1.88. The lowest BCUT2D eigenvalue weighted by atomic mass is 10.0. The first-order chi connectivity index (χ1) is 6.15. The number of rotatable bonds is 4. The van der Waals surface area contributed by atoms with Crippen molar-refractivity contribution in [3.05, 3.63) is 48.6 Å². The van der Waals surface area contributed by atoms with E-state index in [1.54, 1.807) is 12.2 Å². The maximum absolute atomic E-state index is 8.61. The largest absolute Gasteiger partial charge is 0.192 e. The van der Waals surface area contributed by atoms with Crippen molar-refractivity contribution in [1.29, 1.82) is 5.26 Å². The summed E-state index contributed by atoms with van der Waals surface area (Å²) < 4.78 is 0. The molecule has 0 aromatic heterocycles. The molecule has 0 aliphatic carbocycles. The van der Waals surface area contributed by atoms with Crippen LogP contribution >= 0.6 is 0 Å². The monoisotopic (exact) mass is 173 g/mol. The summed E-state index contributed by atoms with van der Waals surface area (Å²) in [5, 5.41) is 8.61. The zero-order valence-electron chi connectivity index (χ0n) is 8.25. The van der Waals surface area contributed by atoms with E-state index in [4.69, 9.17) is 5.26 Å². The predicted octanol–water partition coefficient (Wildman–Crippen LogP) is 3.39. The Balaban J connectivity index is 4.74. The molecule has 0 N–H and O–H groups in total. The van der Waals surface area contributed by atoms with Gasteiger partial charge in [-0.3, -0.25) is 0 Å². The van der Waals surface area contributed by atoms with E-state index in [0.29, 0.717) is 11.5 Å². The van der Waals surface area contributed by atoms with Gasteiger partial charge in [0.25, 0.3) is 0 Å². The molecule has 0 aromatic carbocycles.